The van der Waals surface area contributed by atoms with E-state index < -0.39 is 5.97 Å². The van der Waals surface area contributed by atoms with Crippen LogP contribution in [0, 0.1) is 0 Å². The highest BCUT2D eigenvalue weighted by atomic mass is 32.1. The molecule has 0 radical (unpaired) electrons. The Hall–Kier alpha value is -1.11. The normalized spacial score (nSPS) is 9.70. The Morgan fingerprint density at radius 3 is 2.90 bits per heavy atom. The summed E-state index contributed by atoms with van der Waals surface area (Å²) in [6, 6.07) is 0. The van der Waals surface area contributed by atoms with Crippen LogP contribution < -0.4 is 0 Å². The molecule has 0 atom stereocenters. The first-order valence-corrected chi connectivity index (χ1v) is 2.78. The summed E-state index contributed by atoms with van der Waals surface area (Å²) in [5.41, 5.74) is 0. The van der Waals surface area contributed by atoms with Gasteiger partial charge in [0.1, 0.15) is 6.42 Å². The fourth-order valence-electron chi connectivity index (χ4n) is 0.442. The van der Waals surface area contributed by atoms with Gasteiger partial charge in [-0.05, 0) is 23.2 Å². The average Bonchev–Trinajstić information content (AvgIpc) is 2.15. The van der Waals surface area contributed by atoms with Gasteiger partial charge in [0, 0.05) is 0 Å². The molecule has 0 fully saturated rings. The number of tetrazole rings is 1. The van der Waals surface area contributed by atoms with Crippen LogP contribution in [0.2, 0.25) is 0 Å². The van der Waals surface area contributed by atoms with Crippen LogP contribution in [0.25, 0.3) is 0 Å². The number of aliphatic carboxylic acids is 1. The summed E-state index contributed by atoms with van der Waals surface area (Å²) in [6.07, 6.45) is -0.212. The van der Waals surface area contributed by atoms with Crippen molar-refractivity contribution in [3.8, 4) is 0 Å². The van der Waals surface area contributed by atoms with E-state index in [9.17, 15) is 4.79 Å². The molecule has 10 heavy (non-hydrogen) atoms. The zero-order valence-electron chi connectivity index (χ0n) is 4.80. The Morgan fingerprint density at radius 1 is 1.80 bits per heavy atom. The van der Waals surface area contributed by atoms with Crippen LogP contribution in [0.15, 0.2) is 0 Å². The molecule has 1 aromatic heterocycles. The third kappa shape index (κ3) is 1.44. The van der Waals surface area contributed by atoms with Crippen molar-refractivity contribution in [3.05, 3.63) is 5.82 Å². The topological polar surface area (TPSA) is 80.9 Å². The molecule has 1 N–H and O–H groups in total. The summed E-state index contributed by atoms with van der Waals surface area (Å²) in [7, 11) is 0. The third-order valence-electron chi connectivity index (χ3n) is 0.825. The molecule has 0 aliphatic rings. The molecule has 7 heteroatoms. The minimum absolute atomic E-state index is 0.212. The monoisotopic (exact) mass is 160 g/mol. The first-order valence-electron chi connectivity index (χ1n) is 2.38. The van der Waals surface area contributed by atoms with Gasteiger partial charge >= 0.3 is 5.97 Å². The van der Waals surface area contributed by atoms with E-state index in [0.29, 0.717) is 0 Å². The van der Waals surface area contributed by atoms with E-state index in [1.165, 1.54) is 0 Å². The Balaban J connectivity index is 2.74. The lowest BCUT2D eigenvalue weighted by Gasteiger charge is -1.89. The molecular formula is C3H4N4O2S. The molecule has 1 heterocycles. The molecule has 0 aliphatic heterocycles. The highest BCUT2D eigenvalue weighted by molar-refractivity contribution is 7.78. The molecule has 1 rings (SSSR count). The van der Waals surface area contributed by atoms with E-state index in [4.69, 9.17) is 5.11 Å². The summed E-state index contributed by atoms with van der Waals surface area (Å²) < 4.78 is 1.02. The van der Waals surface area contributed by atoms with E-state index in [0.717, 1.165) is 4.09 Å². The molecule has 0 unspecified atom stereocenters. The number of thiol groups is 1. The van der Waals surface area contributed by atoms with Crippen molar-refractivity contribution in [2.24, 2.45) is 0 Å². The van der Waals surface area contributed by atoms with E-state index in [1.807, 2.05) is 0 Å². The maximum atomic E-state index is 10.1. The number of carbonyl (C=O) groups is 1. The van der Waals surface area contributed by atoms with Crippen molar-refractivity contribution in [2.45, 2.75) is 6.42 Å². The fourth-order valence-corrected chi connectivity index (χ4v) is 0.589. The Kier molecular flexibility index (Phi) is 1.86. The molecule has 54 valence electrons. The number of carboxylic acids is 1. The summed E-state index contributed by atoms with van der Waals surface area (Å²) in [6.45, 7) is 0. The first-order chi connectivity index (χ1) is 4.70. The molecule has 6 nitrogen and oxygen atoms in total. The number of rotatable bonds is 2. The summed E-state index contributed by atoms with van der Waals surface area (Å²) in [4.78, 5) is 10.1. The van der Waals surface area contributed by atoms with Gasteiger partial charge in [-0.25, -0.2) is 0 Å². The van der Waals surface area contributed by atoms with Crippen LogP contribution in [-0.2, 0) is 11.2 Å². The molecule has 0 aliphatic carbocycles. The fraction of sp³-hybridized carbons (Fsp3) is 0.333. The van der Waals surface area contributed by atoms with Crippen molar-refractivity contribution in [2.75, 3.05) is 0 Å². The maximum absolute atomic E-state index is 10.1. The van der Waals surface area contributed by atoms with Gasteiger partial charge in [-0.2, -0.15) is 4.09 Å². The summed E-state index contributed by atoms with van der Waals surface area (Å²) >= 11 is 3.74. The van der Waals surface area contributed by atoms with Crippen molar-refractivity contribution >= 4 is 18.8 Å². The van der Waals surface area contributed by atoms with Gasteiger partial charge in [0.25, 0.3) is 0 Å². The molecule has 0 aromatic carbocycles. The van der Waals surface area contributed by atoms with Gasteiger partial charge < -0.3 is 5.11 Å². The van der Waals surface area contributed by atoms with Crippen LogP contribution in [0.1, 0.15) is 5.82 Å². The molecule has 0 saturated carbocycles. The number of aromatic nitrogens is 4. The zero-order valence-corrected chi connectivity index (χ0v) is 5.69. The van der Waals surface area contributed by atoms with E-state index in [-0.39, 0.29) is 12.2 Å². The number of nitrogens with zero attached hydrogens (tertiary/aromatic N) is 4. The van der Waals surface area contributed by atoms with E-state index in [2.05, 4.69) is 28.3 Å². The van der Waals surface area contributed by atoms with Crippen molar-refractivity contribution in [1.82, 2.24) is 19.6 Å². The van der Waals surface area contributed by atoms with E-state index >= 15 is 0 Å². The molecule has 0 saturated heterocycles. The lowest BCUT2D eigenvalue weighted by atomic mass is 10.4. The third-order valence-corrected chi connectivity index (χ3v) is 1.14. The average molecular weight is 160 g/mol. The minimum Gasteiger partial charge on any atom is -0.481 e. The van der Waals surface area contributed by atoms with Gasteiger partial charge in [-0.3, -0.25) is 4.79 Å². The first kappa shape index (κ1) is 7.00. The second-order valence-corrected chi connectivity index (χ2v) is 1.93. The standard InChI is InChI=1S/C3H4N4O2S/c8-3(9)1-2-4-5-6-7(2)10/h10H,1H2,(H,8,9). The smallest absolute Gasteiger partial charge is 0.311 e. The minimum atomic E-state index is -0.981. The Bertz CT molecular complexity index is 246. The van der Waals surface area contributed by atoms with Crippen LogP contribution in [0.4, 0.5) is 0 Å². The van der Waals surface area contributed by atoms with Gasteiger partial charge in [0.2, 0.25) is 0 Å². The van der Waals surface area contributed by atoms with E-state index in [1.54, 1.807) is 0 Å². The molecule has 0 spiro atoms. The molecule has 0 bridgehead atoms. The van der Waals surface area contributed by atoms with Crippen molar-refractivity contribution in [3.63, 3.8) is 0 Å². The van der Waals surface area contributed by atoms with Crippen molar-refractivity contribution in [1.29, 1.82) is 0 Å². The second-order valence-electron chi connectivity index (χ2n) is 1.56. The largest absolute Gasteiger partial charge is 0.481 e. The SMILES string of the molecule is O=C(O)Cc1nnnn1S. The molecular weight excluding hydrogens is 156 g/mol. The lowest BCUT2D eigenvalue weighted by molar-refractivity contribution is -0.136. The van der Waals surface area contributed by atoms with Crippen LogP contribution in [0.5, 0.6) is 0 Å². The van der Waals surface area contributed by atoms with Gasteiger partial charge in [-0.15, -0.1) is 5.10 Å². The van der Waals surface area contributed by atoms with Gasteiger partial charge in [0.15, 0.2) is 5.82 Å². The van der Waals surface area contributed by atoms with Crippen LogP contribution in [-0.4, -0.2) is 30.7 Å². The lowest BCUT2D eigenvalue weighted by Crippen LogP contribution is -2.04. The zero-order chi connectivity index (χ0) is 7.56. The second kappa shape index (κ2) is 2.65. The molecule has 0 amide bonds. The molecule has 1 aromatic rings. The summed E-state index contributed by atoms with van der Waals surface area (Å²) in [5, 5.41) is 18.2. The Labute approximate surface area is 61.4 Å². The van der Waals surface area contributed by atoms with Gasteiger partial charge in [0.05, 0.1) is 0 Å². The highest BCUT2D eigenvalue weighted by Crippen LogP contribution is 1.93. The Morgan fingerprint density at radius 2 is 2.50 bits per heavy atom. The highest BCUT2D eigenvalue weighted by Gasteiger charge is 2.06. The number of carboxylic acid groups (broad SMARTS) is 1. The quantitative estimate of drug-likeness (QED) is 0.542. The van der Waals surface area contributed by atoms with Crippen LogP contribution in [0.3, 0.4) is 0 Å². The van der Waals surface area contributed by atoms with Crippen molar-refractivity contribution < 1.29 is 9.90 Å². The predicted molar refractivity (Wildman–Crippen MR) is 33.5 cm³/mol. The summed E-state index contributed by atoms with van der Waals surface area (Å²) in [5.74, 6) is -0.763. The van der Waals surface area contributed by atoms with Crippen LogP contribution >= 0.6 is 12.8 Å². The van der Waals surface area contributed by atoms with Gasteiger partial charge in [-0.1, -0.05) is 0 Å². The number of hydrogen-bond acceptors (Lipinski definition) is 5. The number of hydrogen-bond donors (Lipinski definition) is 2. The maximum Gasteiger partial charge on any atom is 0.311 e. The predicted octanol–water partition coefficient (Wildman–Crippen LogP) is -1.01.